The highest BCUT2D eigenvalue weighted by Gasteiger charge is 2.34. The molecule has 1 aliphatic rings. The fourth-order valence-electron chi connectivity index (χ4n) is 3.95. The average molecular weight is 448 g/mol. The summed E-state index contributed by atoms with van der Waals surface area (Å²) in [6.45, 7) is 8.63. The predicted molar refractivity (Wildman–Crippen MR) is 122 cm³/mol. The van der Waals surface area contributed by atoms with Crippen molar-refractivity contribution in [3.63, 3.8) is 0 Å². The van der Waals surface area contributed by atoms with Crippen LogP contribution in [0, 0.1) is 6.92 Å². The number of aromatic hydroxyl groups is 1. The Bertz CT molecular complexity index is 812. The molecule has 1 unspecified atom stereocenters. The molecule has 8 nitrogen and oxygen atoms in total. The number of hydrogen-bond acceptors (Lipinski definition) is 5. The zero-order chi connectivity index (χ0) is 23.9. The lowest BCUT2D eigenvalue weighted by atomic mass is 9.94. The largest absolute Gasteiger partial charge is 0.507 e. The molecule has 8 heteroatoms. The van der Waals surface area contributed by atoms with Gasteiger partial charge in [-0.2, -0.15) is 0 Å². The molecule has 1 saturated carbocycles. The molecule has 0 aromatic heterocycles. The number of benzene rings is 1. The van der Waals surface area contributed by atoms with Gasteiger partial charge >= 0.3 is 6.09 Å². The number of aryl methyl sites for hydroxylation is 1. The third-order valence-corrected chi connectivity index (χ3v) is 5.52. The summed E-state index contributed by atoms with van der Waals surface area (Å²) in [7, 11) is 0. The first-order valence-electron chi connectivity index (χ1n) is 11.4. The maximum Gasteiger partial charge on any atom is 0.408 e. The monoisotopic (exact) mass is 447 g/mol. The lowest BCUT2D eigenvalue weighted by Crippen LogP contribution is -2.49. The fourth-order valence-corrected chi connectivity index (χ4v) is 3.95. The van der Waals surface area contributed by atoms with Crippen molar-refractivity contribution in [3.8, 4) is 5.75 Å². The Hall–Kier alpha value is -2.77. The van der Waals surface area contributed by atoms with E-state index in [2.05, 4.69) is 10.6 Å². The minimum absolute atomic E-state index is 0.0114. The minimum atomic E-state index is -1.00. The Balaban J connectivity index is 2.25. The number of amides is 3. The van der Waals surface area contributed by atoms with Gasteiger partial charge in [-0.25, -0.2) is 4.79 Å². The van der Waals surface area contributed by atoms with Crippen LogP contribution in [0.3, 0.4) is 0 Å². The van der Waals surface area contributed by atoms with Crippen molar-refractivity contribution in [2.75, 3.05) is 13.1 Å². The molecular weight excluding hydrogens is 410 g/mol. The molecule has 178 valence electrons. The number of phenolic OH excluding ortho intramolecular Hbond substituents is 1. The summed E-state index contributed by atoms with van der Waals surface area (Å²) in [6, 6.07) is 4.21. The Labute approximate surface area is 190 Å². The van der Waals surface area contributed by atoms with Crippen molar-refractivity contribution >= 4 is 17.9 Å². The first kappa shape index (κ1) is 25.5. The van der Waals surface area contributed by atoms with Gasteiger partial charge in [0.15, 0.2) is 0 Å². The highest BCUT2D eigenvalue weighted by Crippen LogP contribution is 2.32. The van der Waals surface area contributed by atoms with Gasteiger partial charge in [0.1, 0.15) is 23.9 Å². The summed E-state index contributed by atoms with van der Waals surface area (Å²) in [4.78, 5) is 39.8. The normalized spacial score (nSPS) is 15.5. The second-order valence-corrected chi connectivity index (χ2v) is 9.29. The third-order valence-electron chi connectivity index (χ3n) is 5.52. The van der Waals surface area contributed by atoms with Crippen molar-refractivity contribution in [2.45, 2.75) is 84.4 Å². The van der Waals surface area contributed by atoms with E-state index >= 15 is 0 Å². The molecule has 0 radical (unpaired) electrons. The summed E-state index contributed by atoms with van der Waals surface area (Å²) < 4.78 is 5.19. The Morgan fingerprint density at radius 3 is 2.44 bits per heavy atom. The van der Waals surface area contributed by atoms with Crippen LogP contribution in [0.1, 0.15) is 77.0 Å². The van der Waals surface area contributed by atoms with Gasteiger partial charge in [-0.1, -0.05) is 37.5 Å². The SMILES string of the molecule is CCN(C(=O)CNC(=O)OC(C)(C)C)C(C(=O)NC1CCCCC1)c1cccc(C)c1O. The number of ether oxygens (including phenoxy) is 1. The number of para-hydroxylation sites is 1. The van der Waals surface area contributed by atoms with Crippen molar-refractivity contribution in [2.24, 2.45) is 0 Å². The molecule has 1 aliphatic carbocycles. The van der Waals surface area contributed by atoms with Crippen LogP contribution in [-0.4, -0.2) is 52.6 Å². The van der Waals surface area contributed by atoms with Crippen molar-refractivity contribution in [3.05, 3.63) is 29.3 Å². The van der Waals surface area contributed by atoms with E-state index in [9.17, 15) is 19.5 Å². The van der Waals surface area contributed by atoms with Crippen LogP contribution >= 0.6 is 0 Å². The molecule has 0 bridgehead atoms. The van der Waals surface area contributed by atoms with E-state index in [1.807, 2.05) is 0 Å². The topological polar surface area (TPSA) is 108 Å². The highest BCUT2D eigenvalue weighted by molar-refractivity contribution is 5.91. The van der Waals surface area contributed by atoms with Gasteiger partial charge in [-0.15, -0.1) is 0 Å². The summed E-state index contributed by atoms with van der Waals surface area (Å²) in [5.74, 6) is -0.782. The number of alkyl carbamates (subject to hydrolysis) is 1. The Morgan fingerprint density at radius 2 is 1.84 bits per heavy atom. The molecule has 1 aromatic rings. The summed E-state index contributed by atoms with van der Waals surface area (Å²) in [6.07, 6.45) is 4.37. The van der Waals surface area contributed by atoms with Gasteiger partial charge in [0.2, 0.25) is 11.8 Å². The quantitative estimate of drug-likeness (QED) is 0.592. The van der Waals surface area contributed by atoms with Crippen molar-refractivity contribution in [1.29, 1.82) is 0 Å². The molecule has 3 N–H and O–H groups in total. The number of carbonyl (C=O) groups is 3. The molecule has 1 fully saturated rings. The molecule has 0 aliphatic heterocycles. The summed E-state index contributed by atoms with van der Waals surface area (Å²) >= 11 is 0. The lowest BCUT2D eigenvalue weighted by molar-refractivity contribution is -0.140. The molecule has 3 amide bonds. The molecule has 1 atom stereocenters. The van der Waals surface area contributed by atoms with E-state index in [1.54, 1.807) is 52.8 Å². The standard InChI is InChI=1S/C24H37N3O5/c1-6-27(19(28)15-25-23(31)32-24(3,4)5)20(18-14-10-11-16(2)21(18)29)22(30)26-17-12-8-7-9-13-17/h10-11,14,17,20,29H,6-9,12-13,15H2,1-5H3,(H,25,31)(H,26,30). The van der Waals surface area contributed by atoms with Crippen LogP contribution in [0.5, 0.6) is 5.75 Å². The minimum Gasteiger partial charge on any atom is -0.507 e. The van der Waals surface area contributed by atoms with E-state index in [0.29, 0.717) is 11.1 Å². The van der Waals surface area contributed by atoms with E-state index in [0.717, 1.165) is 32.1 Å². The number of carbonyl (C=O) groups excluding carboxylic acids is 3. The van der Waals surface area contributed by atoms with Crippen LogP contribution in [0.2, 0.25) is 0 Å². The number of rotatable bonds is 7. The lowest BCUT2D eigenvalue weighted by Gasteiger charge is -2.33. The molecule has 32 heavy (non-hydrogen) atoms. The maximum atomic E-state index is 13.4. The van der Waals surface area contributed by atoms with Gasteiger partial charge in [0.25, 0.3) is 0 Å². The first-order chi connectivity index (χ1) is 15.0. The van der Waals surface area contributed by atoms with E-state index in [-0.39, 0.29) is 30.8 Å². The van der Waals surface area contributed by atoms with Crippen LogP contribution < -0.4 is 10.6 Å². The molecule has 0 saturated heterocycles. The van der Waals surface area contributed by atoms with Crippen molar-refractivity contribution in [1.82, 2.24) is 15.5 Å². The smallest absolute Gasteiger partial charge is 0.408 e. The molecular formula is C24H37N3O5. The zero-order valence-electron chi connectivity index (χ0n) is 19.9. The van der Waals surface area contributed by atoms with Gasteiger partial charge in [0, 0.05) is 18.2 Å². The highest BCUT2D eigenvalue weighted by atomic mass is 16.6. The zero-order valence-corrected chi connectivity index (χ0v) is 19.9. The van der Waals surface area contributed by atoms with Crippen LogP contribution in [0.4, 0.5) is 4.79 Å². The van der Waals surface area contributed by atoms with Gasteiger partial charge in [-0.3, -0.25) is 9.59 Å². The Morgan fingerprint density at radius 1 is 1.19 bits per heavy atom. The van der Waals surface area contributed by atoms with Crippen molar-refractivity contribution < 1.29 is 24.2 Å². The number of nitrogens with zero attached hydrogens (tertiary/aromatic N) is 1. The summed E-state index contributed by atoms with van der Waals surface area (Å²) in [5.41, 5.74) is 0.298. The number of hydrogen-bond donors (Lipinski definition) is 3. The third kappa shape index (κ3) is 7.14. The second kappa shape index (κ2) is 11.2. The first-order valence-corrected chi connectivity index (χ1v) is 11.4. The average Bonchev–Trinajstić information content (AvgIpc) is 2.72. The van der Waals surface area contributed by atoms with E-state index in [1.165, 1.54) is 4.90 Å². The van der Waals surface area contributed by atoms with Crippen LogP contribution in [0.25, 0.3) is 0 Å². The fraction of sp³-hybridized carbons (Fsp3) is 0.625. The predicted octanol–water partition coefficient (Wildman–Crippen LogP) is 3.56. The Kier molecular flexibility index (Phi) is 8.92. The summed E-state index contributed by atoms with van der Waals surface area (Å²) in [5, 5.41) is 16.2. The van der Waals surface area contributed by atoms with Crippen LogP contribution in [0.15, 0.2) is 18.2 Å². The van der Waals surface area contributed by atoms with Gasteiger partial charge in [-0.05, 0) is 53.0 Å². The second-order valence-electron chi connectivity index (χ2n) is 9.29. The van der Waals surface area contributed by atoms with Gasteiger partial charge in [0.05, 0.1) is 0 Å². The van der Waals surface area contributed by atoms with E-state index < -0.39 is 23.6 Å². The maximum absolute atomic E-state index is 13.4. The number of nitrogens with one attached hydrogen (secondary N) is 2. The molecule has 2 rings (SSSR count). The van der Waals surface area contributed by atoms with E-state index in [4.69, 9.17) is 4.74 Å². The number of likely N-dealkylation sites (N-methyl/N-ethyl adjacent to an activating group) is 1. The molecule has 1 aromatic carbocycles. The molecule has 0 heterocycles. The number of phenols is 1. The van der Waals surface area contributed by atoms with Gasteiger partial charge < -0.3 is 25.4 Å². The van der Waals surface area contributed by atoms with Crippen LogP contribution in [-0.2, 0) is 14.3 Å². The molecule has 0 spiro atoms.